The Morgan fingerprint density at radius 2 is 2.57 bits per heavy atom. The summed E-state index contributed by atoms with van der Waals surface area (Å²) in [5.74, 6) is 0.952. The second kappa shape index (κ2) is 4.11. The molecule has 2 rings (SSSR count). The van der Waals surface area contributed by atoms with Crippen LogP contribution in [-0.4, -0.2) is 10.2 Å². The lowest BCUT2D eigenvalue weighted by Crippen LogP contribution is -2.17. The van der Waals surface area contributed by atoms with Gasteiger partial charge in [-0.05, 0) is 19.1 Å². The molecule has 4 nitrogen and oxygen atoms in total. The van der Waals surface area contributed by atoms with E-state index in [2.05, 4.69) is 22.4 Å². The number of rotatable bonds is 4. The van der Waals surface area contributed by atoms with Crippen LogP contribution in [0.2, 0.25) is 0 Å². The van der Waals surface area contributed by atoms with Crippen molar-refractivity contribution in [1.82, 2.24) is 15.5 Å². The summed E-state index contributed by atoms with van der Waals surface area (Å²) in [6, 6.07) is 4.08. The minimum absolute atomic E-state index is 0.222. The van der Waals surface area contributed by atoms with Crippen molar-refractivity contribution >= 4 is 0 Å². The van der Waals surface area contributed by atoms with Crippen molar-refractivity contribution in [3.05, 3.63) is 42.1 Å². The minimum atomic E-state index is 0.222. The molecular weight excluding hydrogens is 178 g/mol. The molecule has 0 amide bonds. The molecule has 0 aliphatic rings. The van der Waals surface area contributed by atoms with E-state index in [1.165, 1.54) is 0 Å². The molecule has 0 saturated carbocycles. The lowest BCUT2D eigenvalue weighted by molar-refractivity contribution is 0.430. The first-order valence-corrected chi connectivity index (χ1v) is 4.60. The van der Waals surface area contributed by atoms with Gasteiger partial charge in [0, 0.05) is 18.3 Å². The molecule has 2 aromatic rings. The minimum Gasteiger partial charge on any atom is -0.468 e. The molecular formula is C10H13N3O. The highest BCUT2D eigenvalue weighted by molar-refractivity contribution is 5.06. The van der Waals surface area contributed by atoms with Crippen molar-refractivity contribution in [2.24, 2.45) is 0 Å². The van der Waals surface area contributed by atoms with Gasteiger partial charge in [0.05, 0.1) is 18.5 Å². The molecule has 1 unspecified atom stereocenters. The van der Waals surface area contributed by atoms with Gasteiger partial charge in [-0.2, -0.15) is 5.10 Å². The molecule has 14 heavy (non-hydrogen) atoms. The Hall–Kier alpha value is -1.55. The van der Waals surface area contributed by atoms with Crippen molar-refractivity contribution in [3.63, 3.8) is 0 Å². The molecule has 0 bridgehead atoms. The van der Waals surface area contributed by atoms with Gasteiger partial charge in [-0.25, -0.2) is 0 Å². The normalized spacial score (nSPS) is 12.9. The number of H-pyrrole nitrogens is 1. The lowest BCUT2D eigenvalue weighted by atomic mass is 10.2. The monoisotopic (exact) mass is 191 g/mol. The maximum absolute atomic E-state index is 5.28. The Balaban J connectivity index is 1.87. The second-order valence-electron chi connectivity index (χ2n) is 3.22. The van der Waals surface area contributed by atoms with Gasteiger partial charge in [0.1, 0.15) is 5.76 Å². The van der Waals surface area contributed by atoms with E-state index in [4.69, 9.17) is 4.42 Å². The van der Waals surface area contributed by atoms with E-state index >= 15 is 0 Å². The summed E-state index contributed by atoms with van der Waals surface area (Å²) in [6.07, 6.45) is 5.37. The zero-order chi connectivity index (χ0) is 9.80. The van der Waals surface area contributed by atoms with E-state index in [1.807, 2.05) is 24.5 Å². The summed E-state index contributed by atoms with van der Waals surface area (Å²) >= 11 is 0. The van der Waals surface area contributed by atoms with Crippen LogP contribution in [0.3, 0.4) is 0 Å². The van der Waals surface area contributed by atoms with Gasteiger partial charge in [-0.15, -0.1) is 0 Å². The van der Waals surface area contributed by atoms with Crippen molar-refractivity contribution in [3.8, 4) is 0 Å². The van der Waals surface area contributed by atoms with E-state index < -0.39 is 0 Å². The summed E-state index contributed by atoms with van der Waals surface area (Å²) in [5, 5.41) is 9.98. The van der Waals surface area contributed by atoms with Crippen LogP contribution in [0.1, 0.15) is 24.3 Å². The van der Waals surface area contributed by atoms with Crippen LogP contribution >= 0.6 is 0 Å². The summed E-state index contributed by atoms with van der Waals surface area (Å²) in [6.45, 7) is 2.86. The predicted octanol–water partition coefficient (Wildman–Crippen LogP) is 1.85. The molecule has 1 atom stereocenters. The maximum atomic E-state index is 5.28. The van der Waals surface area contributed by atoms with Gasteiger partial charge < -0.3 is 9.73 Å². The molecule has 0 fully saturated rings. The Bertz CT molecular complexity index is 353. The molecule has 4 heteroatoms. The molecule has 0 aliphatic heterocycles. The third kappa shape index (κ3) is 2.03. The highest BCUT2D eigenvalue weighted by Gasteiger charge is 2.06. The van der Waals surface area contributed by atoms with E-state index in [0.29, 0.717) is 0 Å². The van der Waals surface area contributed by atoms with Crippen molar-refractivity contribution in [2.75, 3.05) is 0 Å². The molecule has 2 heterocycles. The van der Waals surface area contributed by atoms with Crippen LogP contribution in [0.4, 0.5) is 0 Å². The van der Waals surface area contributed by atoms with Gasteiger partial charge in [0.2, 0.25) is 0 Å². The Morgan fingerprint density at radius 3 is 3.21 bits per heavy atom. The Labute approximate surface area is 82.3 Å². The number of furan rings is 1. The molecule has 0 aliphatic carbocycles. The molecule has 74 valence electrons. The standard InChI is InChI=1S/C10H13N3O/c1-8(10-3-2-4-14-10)11-5-9-6-12-13-7-9/h2-4,6-8,11H,5H2,1H3,(H,12,13). The van der Waals surface area contributed by atoms with Crippen LogP contribution in [0.15, 0.2) is 35.2 Å². The Kier molecular flexibility index (Phi) is 2.65. The van der Waals surface area contributed by atoms with Crippen LogP contribution in [0.5, 0.6) is 0 Å². The first-order valence-electron chi connectivity index (χ1n) is 4.60. The van der Waals surface area contributed by atoms with Gasteiger partial charge in [-0.3, -0.25) is 5.10 Å². The molecule has 2 aromatic heterocycles. The smallest absolute Gasteiger partial charge is 0.120 e. The first kappa shape index (κ1) is 9.02. The van der Waals surface area contributed by atoms with Crippen molar-refractivity contribution in [1.29, 1.82) is 0 Å². The maximum Gasteiger partial charge on any atom is 0.120 e. The molecule has 0 saturated heterocycles. The zero-order valence-electron chi connectivity index (χ0n) is 8.03. The largest absolute Gasteiger partial charge is 0.468 e. The quantitative estimate of drug-likeness (QED) is 0.775. The van der Waals surface area contributed by atoms with Gasteiger partial charge in [0.25, 0.3) is 0 Å². The second-order valence-corrected chi connectivity index (χ2v) is 3.22. The van der Waals surface area contributed by atoms with Crippen LogP contribution in [0.25, 0.3) is 0 Å². The van der Waals surface area contributed by atoms with E-state index in [1.54, 1.807) is 6.26 Å². The van der Waals surface area contributed by atoms with Gasteiger partial charge >= 0.3 is 0 Å². The highest BCUT2D eigenvalue weighted by Crippen LogP contribution is 2.12. The summed E-state index contributed by atoms with van der Waals surface area (Å²) < 4.78 is 5.28. The number of hydrogen-bond donors (Lipinski definition) is 2. The number of aromatic nitrogens is 2. The lowest BCUT2D eigenvalue weighted by Gasteiger charge is -2.09. The number of nitrogens with zero attached hydrogens (tertiary/aromatic N) is 1. The third-order valence-corrected chi connectivity index (χ3v) is 2.14. The fourth-order valence-corrected chi connectivity index (χ4v) is 1.28. The Morgan fingerprint density at radius 1 is 1.64 bits per heavy atom. The van der Waals surface area contributed by atoms with E-state index in [0.717, 1.165) is 17.9 Å². The SMILES string of the molecule is CC(NCc1cn[nH]c1)c1ccco1. The van der Waals surface area contributed by atoms with Crippen LogP contribution < -0.4 is 5.32 Å². The average Bonchev–Trinajstić information content (AvgIpc) is 2.87. The van der Waals surface area contributed by atoms with Crippen molar-refractivity contribution in [2.45, 2.75) is 19.5 Å². The van der Waals surface area contributed by atoms with Crippen LogP contribution in [-0.2, 0) is 6.54 Å². The molecule has 0 aromatic carbocycles. The topological polar surface area (TPSA) is 53.9 Å². The molecule has 2 N–H and O–H groups in total. The first-order chi connectivity index (χ1) is 6.86. The fraction of sp³-hybridized carbons (Fsp3) is 0.300. The predicted molar refractivity (Wildman–Crippen MR) is 52.6 cm³/mol. The number of hydrogen-bond acceptors (Lipinski definition) is 3. The van der Waals surface area contributed by atoms with Crippen molar-refractivity contribution < 1.29 is 4.42 Å². The van der Waals surface area contributed by atoms with Gasteiger partial charge in [-0.1, -0.05) is 0 Å². The highest BCUT2D eigenvalue weighted by atomic mass is 16.3. The fourth-order valence-electron chi connectivity index (χ4n) is 1.28. The number of aromatic amines is 1. The van der Waals surface area contributed by atoms with Gasteiger partial charge in [0.15, 0.2) is 0 Å². The van der Waals surface area contributed by atoms with E-state index in [9.17, 15) is 0 Å². The van der Waals surface area contributed by atoms with Crippen LogP contribution in [0, 0.1) is 0 Å². The summed E-state index contributed by atoms with van der Waals surface area (Å²) in [7, 11) is 0. The van der Waals surface area contributed by atoms with E-state index in [-0.39, 0.29) is 6.04 Å². The number of nitrogens with one attached hydrogen (secondary N) is 2. The summed E-state index contributed by atoms with van der Waals surface area (Å²) in [5.41, 5.74) is 1.14. The third-order valence-electron chi connectivity index (χ3n) is 2.14. The summed E-state index contributed by atoms with van der Waals surface area (Å²) in [4.78, 5) is 0. The molecule has 0 radical (unpaired) electrons. The average molecular weight is 191 g/mol. The zero-order valence-corrected chi connectivity index (χ0v) is 8.03. The molecule has 0 spiro atoms.